The molecule has 1 aliphatic rings. The number of hydrogen-bond acceptors (Lipinski definition) is 3. The van der Waals surface area contributed by atoms with E-state index >= 15 is 0 Å². The summed E-state index contributed by atoms with van der Waals surface area (Å²) in [5.41, 5.74) is 2.41. The zero-order valence-electron chi connectivity index (χ0n) is 13.6. The van der Waals surface area contributed by atoms with Gasteiger partial charge in [0.25, 0.3) is 0 Å². The lowest BCUT2D eigenvalue weighted by Crippen LogP contribution is -2.48. The summed E-state index contributed by atoms with van der Waals surface area (Å²) < 4.78 is 2.17. The van der Waals surface area contributed by atoms with Gasteiger partial charge in [0.15, 0.2) is 0 Å². The quantitative estimate of drug-likeness (QED) is 0.919. The van der Waals surface area contributed by atoms with Crippen LogP contribution in [0.25, 0.3) is 0 Å². The van der Waals surface area contributed by atoms with E-state index in [-0.39, 0.29) is 11.9 Å². The van der Waals surface area contributed by atoms with Crippen molar-refractivity contribution in [3.05, 3.63) is 54.1 Å². The van der Waals surface area contributed by atoms with Crippen molar-refractivity contribution in [1.29, 1.82) is 0 Å². The number of nitrogens with zero attached hydrogens (tertiary/aromatic N) is 3. The summed E-state index contributed by atoms with van der Waals surface area (Å²) >= 11 is 0. The van der Waals surface area contributed by atoms with Gasteiger partial charge in [0.2, 0.25) is 5.91 Å². The average molecular weight is 312 g/mol. The van der Waals surface area contributed by atoms with Gasteiger partial charge in [0.05, 0.1) is 18.1 Å². The highest BCUT2D eigenvalue weighted by Gasteiger charge is 2.28. The van der Waals surface area contributed by atoms with E-state index in [1.165, 1.54) is 5.56 Å². The Morgan fingerprint density at radius 2 is 2.09 bits per heavy atom. The van der Waals surface area contributed by atoms with Crippen LogP contribution in [0.2, 0.25) is 0 Å². The molecule has 0 radical (unpaired) electrons. The Kier molecular flexibility index (Phi) is 5.08. The largest absolute Gasteiger partial charge is 0.358 e. The Labute approximate surface area is 137 Å². The van der Waals surface area contributed by atoms with Crippen LogP contribution < -0.4 is 5.32 Å². The second-order valence-electron chi connectivity index (χ2n) is 6.09. The molecule has 23 heavy (non-hydrogen) atoms. The fourth-order valence-corrected chi connectivity index (χ4v) is 3.25. The SMILES string of the molecule is CNC(=O)[C@H]1CCCCN1Cc1cncn1Cc1ccccc1. The number of aromatic nitrogens is 2. The minimum atomic E-state index is -0.0196. The first-order chi connectivity index (χ1) is 11.3. The Hall–Kier alpha value is -2.14. The van der Waals surface area contributed by atoms with Crippen molar-refractivity contribution < 1.29 is 4.79 Å². The topological polar surface area (TPSA) is 50.2 Å². The summed E-state index contributed by atoms with van der Waals surface area (Å²) in [6.45, 7) is 2.55. The molecule has 1 amide bonds. The van der Waals surface area contributed by atoms with Gasteiger partial charge in [-0.05, 0) is 24.9 Å². The molecule has 1 fully saturated rings. The summed E-state index contributed by atoms with van der Waals surface area (Å²) in [5, 5.41) is 2.80. The Morgan fingerprint density at radius 3 is 2.87 bits per heavy atom. The summed E-state index contributed by atoms with van der Waals surface area (Å²) in [5.74, 6) is 0.124. The van der Waals surface area contributed by atoms with Gasteiger partial charge >= 0.3 is 0 Å². The Bertz CT molecular complexity index is 637. The molecular weight excluding hydrogens is 288 g/mol. The molecule has 1 N–H and O–H groups in total. The maximum atomic E-state index is 12.1. The zero-order valence-corrected chi connectivity index (χ0v) is 13.6. The number of hydrogen-bond donors (Lipinski definition) is 1. The standard InChI is InChI=1S/C18H24N4O/c1-19-18(23)17-9-5-6-10-21(17)13-16-11-20-14-22(16)12-15-7-3-2-4-8-15/h2-4,7-8,11,14,17H,5-6,9-10,12-13H2,1H3,(H,19,23)/t17-/m1/s1. The minimum absolute atomic E-state index is 0.0196. The molecule has 0 saturated carbocycles. The molecule has 0 spiro atoms. The van der Waals surface area contributed by atoms with E-state index in [0.717, 1.165) is 44.6 Å². The number of carbonyl (C=O) groups excluding carboxylic acids is 1. The number of likely N-dealkylation sites (tertiary alicyclic amines) is 1. The normalized spacial score (nSPS) is 18.7. The molecule has 1 saturated heterocycles. The molecule has 0 bridgehead atoms. The van der Waals surface area contributed by atoms with Crippen molar-refractivity contribution in [2.45, 2.75) is 38.4 Å². The molecule has 5 nitrogen and oxygen atoms in total. The summed E-state index contributed by atoms with van der Waals surface area (Å²) in [4.78, 5) is 18.7. The van der Waals surface area contributed by atoms with Gasteiger partial charge in [-0.3, -0.25) is 9.69 Å². The molecule has 0 unspecified atom stereocenters. The second-order valence-corrected chi connectivity index (χ2v) is 6.09. The van der Waals surface area contributed by atoms with Crippen molar-refractivity contribution in [2.24, 2.45) is 0 Å². The predicted molar refractivity (Wildman–Crippen MR) is 89.9 cm³/mol. The third-order valence-corrected chi connectivity index (χ3v) is 4.52. The van der Waals surface area contributed by atoms with Gasteiger partial charge in [0.1, 0.15) is 0 Å². The van der Waals surface area contributed by atoms with Crippen LogP contribution in [-0.4, -0.2) is 40.0 Å². The average Bonchev–Trinajstić information content (AvgIpc) is 3.02. The summed E-state index contributed by atoms with van der Waals surface area (Å²) in [6, 6.07) is 10.4. The van der Waals surface area contributed by atoms with Gasteiger partial charge in [-0.15, -0.1) is 0 Å². The first-order valence-corrected chi connectivity index (χ1v) is 8.26. The van der Waals surface area contributed by atoms with Crippen LogP contribution >= 0.6 is 0 Å². The number of carbonyl (C=O) groups is 1. The van der Waals surface area contributed by atoms with Crippen molar-refractivity contribution in [3.63, 3.8) is 0 Å². The lowest BCUT2D eigenvalue weighted by atomic mass is 10.0. The highest BCUT2D eigenvalue weighted by molar-refractivity contribution is 5.81. The highest BCUT2D eigenvalue weighted by atomic mass is 16.2. The monoisotopic (exact) mass is 312 g/mol. The summed E-state index contributed by atoms with van der Waals surface area (Å²) in [6.07, 6.45) is 7.00. The molecule has 5 heteroatoms. The predicted octanol–water partition coefficient (Wildman–Crippen LogP) is 2.03. The third kappa shape index (κ3) is 3.79. The highest BCUT2D eigenvalue weighted by Crippen LogP contribution is 2.20. The number of rotatable bonds is 5. The Balaban J connectivity index is 1.72. The smallest absolute Gasteiger partial charge is 0.237 e. The fraction of sp³-hybridized carbons (Fsp3) is 0.444. The molecule has 2 aromatic rings. The maximum absolute atomic E-state index is 12.1. The van der Waals surface area contributed by atoms with Gasteiger partial charge < -0.3 is 9.88 Å². The fourth-order valence-electron chi connectivity index (χ4n) is 3.25. The van der Waals surface area contributed by atoms with Crippen LogP contribution in [-0.2, 0) is 17.9 Å². The van der Waals surface area contributed by atoms with Gasteiger partial charge in [-0.2, -0.15) is 0 Å². The Morgan fingerprint density at radius 1 is 1.26 bits per heavy atom. The van der Waals surface area contributed by atoms with Gasteiger partial charge in [0, 0.05) is 26.3 Å². The van der Waals surface area contributed by atoms with Crippen LogP contribution in [0.5, 0.6) is 0 Å². The van der Waals surface area contributed by atoms with E-state index in [0.29, 0.717) is 0 Å². The second kappa shape index (κ2) is 7.42. The zero-order chi connectivity index (χ0) is 16.1. The molecule has 3 rings (SSSR count). The molecule has 1 aromatic carbocycles. The molecule has 122 valence electrons. The number of amides is 1. The number of nitrogens with one attached hydrogen (secondary N) is 1. The van der Waals surface area contributed by atoms with Gasteiger partial charge in [-0.25, -0.2) is 4.98 Å². The number of piperidine rings is 1. The first-order valence-electron chi connectivity index (χ1n) is 8.26. The number of imidazole rings is 1. The molecule has 0 aliphatic carbocycles. The third-order valence-electron chi connectivity index (χ3n) is 4.52. The molecule has 2 heterocycles. The molecule has 1 atom stereocenters. The van der Waals surface area contributed by atoms with E-state index < -0.39 is 0 Å². The van der Waals surface area contributed by atoms with Crippen molar-refractivity contribution in [2.75, 3.05) is 13.6 Å². The number of likely N-dealkylation sites (N-methyl/N-ethyl adjacent to an activating group) is 1. The van der Waals surface area contributed by atoms with Crippen molar-refractivity contribution in [1.82, 2.24) is 19.8 Å². The van der Waals surface area contributed by atoms with E-state index in [2.05, 4.69) is 44.0 Å². The van der Waals surface area contributed by atoms with Crippen LogP contribution in [0.4, 0.5) is 0 Å². The van der Waals surface area contributed by atoms with Crippen molar-refractivity contribution in [3.8, 4) is 0 Å². The minimum Gasteiger partial charge on any atom is -0.358 e. The molecule has 1 aromatic heterocycles. The van der Waals surface area contributed by atoms with Crippen LogP contribution in [0.3, 0.4) is 0 Å². The van der Waals surface area contributed by atoms with Crippen LogP contribution in [0.15, 0.2) is 42.9 Å². The van der Waals surface area contributed by atoms with Gasteiger partial charge in [-0.1, -0.05) is 36.8 Å². The van der Waals surface area contributed by atoms with E-state index in [4.69, 9.17) is 0 Å². The van der Waals surface area contributed by atoms with Crippen LogP contribution in [0.1, 0.15) is 30.5 Å². The van der Waals surface area contributed by atoms with E-state index in [9.17, 15) is 4.79 Å². The molecular formula is C18H24N4O. The number of benzene rings is 1. The van der Waals surface area contributed by atoms with E-state index in [1.807, 2.05) is 18.6 Å². The summed E-state index contributed by atoms with van der Waals surface area (Å²) in [7, 11) is 1.72. The van der Waals surface area contributed by atoms with Crippen LogP contribution in [0, 0.1) is 0 Å². The van der Waals surface area contributed by atoms with E-state index in [1.54, 1.807) is 7.05 Å². The lowest BCUT2D eigenvalue weighted by Gasteiger charge is -2.34. The lowest BCUT2D eigenvalue weighted by molar-refractivity contribution is -0.127. The molecule has 1 aliphatic heterocycles. The van der Waals surface area contributed by atoms with Crippen molar-refractivity contribution >= 4 is 5.91 Å². The maximum Gasteiger partial charge on any atom is 0.237 e. The first kappa shape index (κ1) is 15.7.